The predicted molar refractivity (Wildman–Crippen MR) is 70.5 cm³/mol. The Morgan fingerprint density at radius 3 is 2.74 bits per heavy atom. The zero-order chi connectivity index (χ0) is 13.7. The quantitative estimate of drug-likeness (QED) is 0.825. The Balaban J connectivity index is 1.93. The number of rotatable bonds is 5. The summed E-state index contributed by atoms with van der Waals surface area (Å²) < 4.78 is 0. The van der Waals surface area contributed by atoms with Gasteiger partial charge in [0.2, 0.25) is 5.91 Å². The van der Waals surface area contributed by atoms with Crippen molar-refractivity contribution in [2.45, 2.75) is 25.4 Å². The molecular weight excluding hydrogens is 244 g/mol. The molecule has 0 aromatic heterocycles. The number of hydrogen-bond donors (Lipinski definition) is 2. The van der Waals surface area contributed by atoms with Gasteiger partial charge in [0.25, 0.3) is 0 Å². The van der Waals surface area contributed by atoms with Gasteiger partial charge in [0, 0.05) is 6.54 Å². The number of carboxylic acid groups (broad SMARTS) is 1. The van der Waals surface area contributed by atoms with Gasteiger partial charge in [-0.15, -0.1) is 0 Å². The first kappa shape index (κ1) is 13.5. The van der Waals surface area contributed by atoms with E-state index in [1.807, 2.05) is 30.3 Å². The molecule has 0 bridgehead atoms. The van der Waals surface area contributed by atoms with Crippen molar-refractivity contribution in [3.05, 3.63) is 35.9 Å². The molecule has 19 heavy (non-hydrogen) atoms. The lowest BCUT2D eigenvalue weighted by Crippen LogP contribution is -2.44. The number of carbonyl (C=O) groups excluding carboxylic acids is 1. The number of benzene rings is 1. The van der Waals surface area contributed by atoms with Crippen LogP contribution in [0.2, 0.25) is 0 Å². The van der Waals surface area contributed by atoms with Crippen molar-refractivity contribution in [3.63, 3.8) is 0 Å². The lowest BCUT2D eigenvalue weighted by Gasteiger charge is -2.23. The monoisotopic (exact) mass is 262 g/mol. The fourth-order valence-electron chi connectivity index (χ4n) is 2.41. The van der Waals surface area contributed by atoms with Gasteiger partial charge in [-0.25, -0.2) is 0 Å². The van der Waals surface area contributed by atoms with Gasteiger partial charge in [0.1, 0.15) is 6.54 Å². The SMILES string of the molecule is O=C(O)CNC(=O)C1CCCN1Cc1ccccc1. The zero-order valence-corrected chi connectivity index (χ0v) is 10.7. The first-order chi connectivity index (χ1) is 9.16. The molecule has 1 fully saturated rings. The lowest BCUT2D eigenvalue weighted by atomic mass is 10.1. The summed E-state index contributed by atoms with van der Waals surface area (Å²) in [6, 6.07) is 9.77. The highest BCUT2D eigenvalue weighted by Crippen LogP contribution is 2.20. The van der Waals surface area contributed by atoms with Crippen LogP contribution >= 0.6 is 0 Å². The minimum atomic E-state index is -1.01. The molecule has 2 N–H and O–H groups in total. The molecule has 5 heteroatoms. The van der Waals surface area contributed by atoms with E-state index in [2.05, 4.69) is 10.2 Å². The highest BCUT2D eigenvalue weighted by molar-refractivity contribution is 5.85. The summed E-state index contributed by atoms with van der Waals surface area (Å²) in [6.07, 6.45) is 1.76. The fraction of sp³-hybridized carbons (Fsp3) is 0.429. The molecule has 1 amide bonds. The van der Waals surface area contributed by atoms with Gasteiger partial charge in [-0.05, 0) is 24.9 Å². The second-order valence-electron chi connectivity index (χ2n) is 4.73. The Hall–Kier alpha value is -1.88. The first-order valence-corrected chi connectivity index (χ1v) is 6.44. The molecule has 1 heterocycles. The smallest absolute Gasteiger partial charge is 0.322 e. The average Bonchev–Trinajstić information content (AvgIpc) is 2.85. The molecule has 1 unspecified atom stereocenters. The van der Waals surface area contributed by atoms with E-state index in [4.69, 9.17) is 5.11 Å². The van der Waals surface area contributed by atoms with E-state index in [1.54, 1.807) is 0 Å². The van der Waals surface area contributed by atoms with Crippen molar-refractivity contribution < 1.29 is 14.7 Å². The zero-order valence-electron chi connectivity index (χ0n) is 10.7. The topological polar surface area (TPSA) is 69.6 Å². The Morgan fingerprint density at radius 1 is 1.32 bits per heavy atom. The Labute approximate surface area is 112 Å². The maximum atomic E-state index is 11.9. The molecule has 1 saturated heterocycles. The van der Waals surface area contributed by atoms with Crippen LogP contribution in [0, 0.1) is 0 Å². The number of nitrogens with one attached hydrogen (secondary N) is 1. The van der Waals surface area contributed by atoms with Gasteiger partial charge in [-0.2, -0.15) is 0 Å². The van der Waals surface area contributed by atoms with Gasteiger partial charge >= 0.3 is 5.97 Å². The highest BCUT2D eigenvalue weighted by Gasteiger charge is 2.30. The lowest BCUT2D eigenvalue weighted by molar-refractivity contribution is -0.138. The van der Waals surface area contributed by atoms with Crippen molar-refractivity contribution in [1.82, 2.24) is 10.2 Å². The molecular formula is C14H18N2O3. The summed E-state index contributed by atoms with van der Waals surface area (Å²) >= 11 is 0. The summed E-state index contributed by atoms with van der Waals surface area (Å²) in [5, 5.41) is 11.0. The van der Waals surface area contributed by atoms with Crippen molar-refractivity contribution in [3.8, 4) is 0 Å². The third-order valence-corrected chi connectivity index (χ3v) is 3.31. The Morgan fingerprint density at radius 2 is 2.05 bits per heavy atom. The van der Waals surface area contributed by atoms with Gasteiger partial charge in [0.15, 0.2) is 0 Å². The summed E-state index contributed by atoms with van der Waals surface area (Å²) in [5.74, 6) is -1.20. The molecule has 1 aliphatic rings. The van der Waals surface area contributed by atoms with Gasteiger partial charge in [-0.1, -0.05) is 30.3 Å². The van der Waals surface area contributed by atoms with E-state index in [0.717, 1.165) is 25.9 Å². The number of likely N-dealkylation sites (tertiary alicyclic amines) is 1. The molecule has 1 aromatic rings. The standard InChI is InChI=1S/C14H18N2O3/c17-13(18)9-15-14(19)12-7-4-8-16(12)10-11-5-2-1-3-6-11/h1-3,5-6,12H,4,7-10H2,(H,15,19)(H,17,18). The second-order valence-corrected chi connectivity index (χ2v) is 4.73. The third kappa shape index (κ3) is 3.79. The van der Waals surface area contributed by atoms with Crippen molar-refractivity contribution >= 4 is 11.9 Å². The van der Waals surface area contributed by atoms with Crippen molar-refractivity contribution in [2.75, 3.05) is 13.1 Å². The molecule has 1 aromatic carbocycles. The molecule has 2 rings (SSSR count). The third-order valence-electron chi connectivity index (χ3n) is 3.31. The number of aliphatic carboxylic acids is 1. The molecule has 0 spiro atoms. The van der Waals surface area contributed by atoms with Gasteiger partial charge in [-0.3, -0.25) is 14.5 Å². The van der Waals surface area contributed by atoms with E-state index in [1.165, 1.54) is 5.56 Å². The van der Waals surface area contributed by atoms with Crippen LogP contribution in [0.5, 0.6) is 0 Å². The van der Waals surface area contributed by atoms with Gasteiger partial charge in [0.05, 0.1) is 6.04 Å². The van der Waals surface area contributed by atoms with E-state index >= 15 is 0 Å². The second kappa shape index (κ2) is 6.33. The van der Waals surface area contributed by atoms with Crippen molar-refractivity contribution in [1.29, 1.82) is 0 Å². The minimum Gasteiger partial charge on any atom is -0.480 e. The summed E-state index contributed by atoms with van der Waals surface area (Å²) in [4.78, 5) is 24.5. The normalized spacial score (nSPS) is 19.3. The number of nitrogens with zero attached hydrogens (tertiary/aromatic N) is 1. The van der Waals surface area contributed by atoms with Crippen LogP contribution in [0.1, 0.15) is 18.4 Å². The van der Waals surface area contributed by atoms with Crippen LogP contribution in [0.3, 0.4) is 0 Å². The predicted octanol–water partition coefficient (Wildman–Crippen LogP) is 0.852. The number of carbonyl (C=O) groups is 2. The molecule has 0 radical (unpaired) electrons. The summed E-state index contributed by atoms with van der Waals surface area (Å²) in [5.41, 5.74) is 1.17. The van der Waals surface area contributed by atoms with E-state index < -0.39 is 5.97 Å². The Kier molecular flexibility index (Phi) is 4.52. The van der Waals surface area contributed by atoms with E-state index in [9.17, 15) is 9.59 Å². The molecule has 1 aliphatic heterocycles. The fourth-order valence-corrected chi connectivity index (χ4v) is 2.41. The van der Waals surface area contributed by atoms with Crippen LogP contribution < -0.4 is 5.32 Å². The van der Waals surface area contributed by atoms with Crippen molar-refractivity contribution in [2.24, 2.45) is 0 Å². The summed E-state index contributed by atoms with van der Waals surface area (Å²) in [7, 11) is 0. The number of hydrogen-bond acceptors (Lipinski definition) is 3. The average molecular weight is 262 g/mol. The molecule has 0 saturated carbocycles. The van der Waals surface area contributed by atoms with Crippen LogP contribution in [-0.2, 0) is 16.1 Å². The Bertz CT molecular complexity index is 447. The van der Waals surface area contributed by atoms with Gasteiger partial charge < -0.3 is 10.4 Å². The van der Waals surface area contributed by atoms with Crippen LogP contribution in [-0.4, -0.2) is 41.0 Å². The van der Waals surface area contributed by atoms with Crippen LogP contribution in [0.25, 0.3) is 0 Å². The molecule has 102 valence electrons. The van der Waals surface area contributed by atoms with E-state index in [0.29, 0.717) is 0 Å². The van der Waals surface area contributed by atoms with Crippen LogP contribution in [0.15, 0.2) is 30.3 Å². The van der Waals surface area contributed by atoms with E-state index in [-0.39, 0.29) is 18.5 Å². The number of amides is 1. The maximum absolute atomic E-state index is 11.9. The minimum absolute atomic E-state index is 0.184. The number of carboxylic acids is 1. The molecule has 5 nitrogen and oxygen atoms in total. The summed E-state index contributed by atoms with van der Waals surface area (Å²) in [6.45, 7) is 1.29. The van der Waals surface area contributed by atoms with Crippen LogP contribution in [0.4, 0.5) is 0 Å². The largest absolute Gasteiger partial charge is 0.480 e. The maximum Gasteiger partial charge on any atom is 0.322 e. The highest BCUT2D eigenvalue weighted by atomic mass is 16.4. The molecule has 1 atom stereocenters. The first-order valence-electron chi connectivity index (χ1n) is 6.44. The molecule has 0 aliphatic carbocycles.